The first-order chi connectivity index (χ1) is 9.25. The van der Waals surface area contributed by atoms with Crippen molar-refractivity contribution in [2.45, 2.75) is 6.54 Å². The Morgan fingerprint density at radius 2 is 2.32 bits per heavy atom. The topological polar surface area (TPSA) is 60.1 Å². The fourth-order valence-electron chi connectivity index (χ4n) is 2.03. The van der Waals surface area contributed by atoms with Crippen molar-refractivity contribution in [3.8, 4) is 0 Å². The van der Waals surface area contributed by atoms with Gasteiger partial charge in [0, 0.05) is 25.4 Å². The Labute approximate surface area is 109 Å². The van der Waals surface area contributed by atoms with Crippen molar-refractivity contribution < 1.29 is 9.21 Å². The molecule has 3 rings (SSSR count). The average Bonchev–Trinajstić information content (AvgIpc) is 3.01. The molecule has 0 radical (unpaired) electrons. The summed E-state index contributed by atoms with van der Waals surface area (Å²) in [4.78, 5) is 16.3. The zero-order chi connectivity index (χ0) is 13.2. The van der Waals surface area contributed by atoms with Gasteiger partial charge in [0.1, 0.15) is 5.69 Å². The van der Waals surface area contributed by atoms with E-state index >= 15 is 0 Å². The van der Waals surface area contributed by atoms with E-state index in [1.54, 1.807) is 18.5 Å². The van der Waals surface area contributed by atoms with Crippen molar-refractivity contribution in [3.05, 3.63) is 54.2 Å². The van der Waals surface area contributed by atoms with Gasteiger partial charge in [0.15, 0.2) is 5.58 Å². The Kier molecular flexibility index (Phi) is 2.79. The third kappa shape index (κ3) is 2.10. The lowest BCUT2D eigenvalue weighted by atomic mass is 10.3. The number of rotatable bonds is 3. The molecule has 1 N–H and O–H groups in total. The Bertz CT molecular complexity index is 713. The van der Waals surface area contributed by atoms with E-state index in [-0.39, 0.29) is 5.91 Å². The predicted octanol–water partition coefficient (Wildman–Crippen LogP) is 2.10. The van der Waals surface area contributed by atoms with Gasteiger partial charge in [-0.1, -0.05) is 6.07 Å². The average molecular weight is 255 g/mol. The molecule has 0 fully saturated rings. The van der Waals surface area contributed by atoms with Crippen molar-refractivity contribution >= 4 is 17.0 Å². The summed E-state index contributed by atoms with van der Waals surface area (Å²) in [5.41, 5.74) is 3.02. The molecule has 0 aliphatic rings. The fourth-order valence-corrected chi connectivity index (χ4v) is 2.03. The molecule has 0 aromatic carbocycles. The number of fused-ring (bicyclic) bond motifs is 1. The molecule has 96 valence electrons. The smallest absolute Gasteiger partial charge is 0.268 e. The van der Waals surface area contributed by atoms with E-state index in [1.807, 2.05) is 35.9 Å². The van der Waals surface area contributed by atoms with Crippen LogP contribution in [0, 0.1) is 0 Å². The first-order valence-corrected chi connectivity index (χ1v) is 5.97. The highest BCUT2D eigenvalue weighted by molar-refractivity contribution is 5.97. The summed E-state index contributed by atoms with van der Waals surface area (Å²) in [5.74, 6) is -0.139. The Hall–Kier alpha value is -2.56. The summed E-state index contributed by atoms with van der Waals surface area (Å²) in [6.45, 7) is 0.409. The van der Waals surface area contributed by atoms with Crippen LogP contribution < -0.4 is 5.32 Å². The van der Waals surface area contributed by atoms with Crippen LogP contribution in [-0.2, 0) is 13.6 Å². The lowest BCUT2D eigenvalue weighted by Crippen LogP contribution is -2.25. The normalized spacial score (nSPS) is 10.8. The van der Waals surface area contributed by atoms with Gasteiger partial charge in [0.05, 0.1) is 24.0 Å². The zero-order valence-electron chi connectivity index (χ0n) is 10.5. The number of carbonyl (C=O) groups excluding carboxylic acids is 1. The summed E-state index contributed by atoms with van der Waals surface area (Å²) >= 11 is 0. The first-order valence-electron chi connectivity index (χ1n) is 5.97. The van der Waals surface area contributed by atoms with Crippen LogP contribution in [0.1, 0.15) is 16.2 Å². The lowest BCUT2D eigenvalue weighted by Gasteiger charge is -2.05. The Balaban J connectivity index is 1.77. The van der Waals surface area contributed by atoms with Crippen LogP contribution in [0.5, 0.6) is 0 Å². The van der Waals surface area contributed by atoms with Crippen LogP contribution in [0.3, 0.4) is 0 Å². The number of nitrogens with one attached hydrogen (secondary N) is 1. The third-order valence-corrected chi connectivity index (χ3v) is 3.05. The van der Waals surface area contributed by atoms with Crippen LogP contribution in [0.4, 0.5) is 0 Å². The van der Waals surface area contributed by atoms with E-state index < -0.39 is 0 Å². The van der Waals surface area contributed by atoms with Crippen molar-refractivity contribution in [2.75, 3.05) is 0 Å². The quantitative estimate of drug-likeness (QED) is 0.779. The van der Waals surface area contributed by atoms with E-state index in [0.29, 0.717) is 17.8 Å². The number of aryl methyl sites for hydroxylation is 1. The second kappa shape index (κ2) is 4.61. The number of carbonyl (C=O) groups is 1. The first kappa shape index (κ1) is 11.5. The van der Waals surface area contributed by atoms with Gasteiger partial charge in [-0.05, 0) is 12.1 Å². The van der Waals surface area contributed by atoms with Gasteiger partial charge in [-0.2, -0.15) is 0 Å². The standard InChI is InChI=1S/C14H13N3O2/c1-17-11-5-7-19-13(11)8-12(17)14(18)16-9-10-4-2-3-6-15-10/h2-8H,9H2,1H3,(H,16,18). The second-order valence-electron chi connectivity index (χ2n) is 4.26. The van der Waals surface area contributed by atoms with Crippen LogP contribution in [0.15, 0.2) is 47.2 Å². The van der Waals surface area contributed by atoms with Crippen molar-refractivity contribution in [1.82, 2.24) is 14.9 Å². The molecular weight excluding hydrogens is 242 g/mol. The molecule has 3 aromatic heterocycles. The van der Waals surface area contributed by atoms with E-state index in [4.69, 9.17) is 4.42 Å². The van der Waals surface area contributed by atoms with Crippen molar-refractivity contribution in [2.24, 2.45) is 7.05 Å². The highest BCUT2D eigenvalue weighted by Gasteiger charge is 2.14. The van der Waals surface area contributed by atoms with Crippen LogP contribution in [0.2, 0.25) is 0 Å². The molecular formula is C14H13N3O2. The highest BCUT2D eigenvalue weighted by atomic mass is 16.3. The number of hydrogen-bond donors (Lipinski definition) is 1. The lowest BCUT2D eigenvalue weighted by molar-refractivity contribution is 0.0942. The third-order valence-electron chi connectivity index (χ3n) is 3.05. The molecule has 0 saturated heterocycles. The van der Waals surface area contributed by atoms with Crippen LogP contribution in [-0.4, -0.2) is 15.5 Å². The molecule has 1 amide bonds. The second-order valence-corrected chi connectivity index (χ2v) is 4.26. The fraction of sp³-hybridized carbons (Fsp3) is 0.143. The van der Waals surface area contributed by atoms with Crippen molar-refractivity contribution in [3.63, 3.8) is 0 Å². The number of nitrogens with zero attached hydrogens (tertiary/aromatic N) is 2. The molecule has 0 bridgehead atoms. The maximum Gasteiger partial charge on any atom is 0.268 e. The Morgan fingerprint density at radius 1 is 1.42 bits per heavy atom. The van der Waals surface area contributed by atoms with Gasteiger partial charge < -0.3 is 14.3 Å². The Morgan fingerprint density at radius 3 is 3.05 bits per heavy atom. The molecule has 5 heteroatoms. The molecule has 0 saturated carbocycles. The maximum absolute atomic E-state index is 12.1. The summed E-state index contributed by atoms with van der Waals surface area (Å²) < 4.78 is 7.09. The minimum Gasteiger partial charge on any atom is -0.463 e. The van der Waals surface area contributed by atoms with E-state index in [1.165, 1.54) is 0 Å². The van der Waals surface area contributed by atoms with Crippen LogP contribution in [0.25, 0.3) is 11.1 Å². The molecule has 19 heavy (non-hydrogen) atoms. The molecule has 0 aliphatic heterocycles. The molecule has 0 spiro atoms. The summed E-state index contributed by atoms with van der Waals surface area (Å²) in [6.07, 6.45) is 3.32. The van der Waals surface area contributed by atoms with Gasteiger partial charge in [-0.3, -0.25) is 9.78 Å². The SMILES string of the molecule is Cn1c(C(=O)NCc2ccccn2)cc2occc21. The molecule has 5 nitrogen and oxygen atoms in total. The zero-order valence-corrected chi connectivity index (χ0v) is 10.5. The van der Waals surface area contributed by atoms with E-state index in [9.17, 15) is 4.79 Å². The molecule has 3 aromatic rings. The van der Waals surface area contributed by atoms with Crippen LogP contribution >= 0.6 is 0 Å². The number of pyridine rings is 1. The summed E-state index contributed by atoms with van der Waals surface area (Å²) in [7, 11) is 1.84. The number of furan rings is 1. The van der Waals surface area contributed by atoms with Gasteiger partial charge >= 0.3 is 0 Å². The number of amides is 1. The van der Waals surface area contributed by atoms with E-state index in [2.05, 4.69) is 10.3 Å². The maximum atomic E-state index is 12.1. The minimum absolute atomic E-state index is 0.139. The van der Waals surface area contributed by atoms with Gasteiger partial charge in [0.2, 0.25) is 0 Å². The minimum atomic E-state index is -0.139. The van der Waals surface area contributed by atoms with Gasteiger partial charge in [0.25, 0.3) is 5.91 Å². The van der Waals surface area contributed by atoms with Gasteiger partial charge in [-0.15, -0.1) is 0 Å². The molecule has 3 heterocycles. The molecule has 0 atom stereocenters. The number of hydrogen-bond acceptors (Lipinski definition) is 3. The summed E-state index contributed by atoms with van der Waals surface area (Å²) in [5, 5.41) is 2.84. The van der Waals surface area contributed by atoms with Crippen molar-refractivity contribution in [1.29, 1.82) is 0 Å². The molecule has 0 aliphatic carbocycles. The van der Waals surface area contributed by atoms with E-state index in [0.717, 1.165) is 11.2 Å². The monoisotopic (exact) mass is 255 g/mol. The molecule has 0 unspecified atom stereocenters. The number of aromatic nitrogens is 2. The predicted molar refractivity (Wildman–Crippen MR) is 70.6 cm³/mol. The highest BCUT2D eigenvalue weighted by Crippen LogP contribution is 2.19. The van der Waals surface area contributed by atoms with Gasteiger partial charge in [-0.25, -0.2) is 0 Å². The summed E-state index contributed by atoms with van der Waals surface area (Å²) in [6, 6.07) is 9.19. The largest absolute Gasteiger partial charge is 0.463 e.